The number of ether oxygens (including phenoxy) is 6. The van der Waals surface area contributed by atoms with Crippen LogP contribution in [0.15, 0.2) is 156 Å². The molecule has 8 rings (SSSR count). The molecule has 2 fully saturated rings. The van der Waals surface area contributed by atoms with E-state index in [2.05, 4.69) is 128 Å². The summed E-state index contributed by atoms with van der Waals surface area (Å²) < 4.78 is 34.3. The van der Waals surface area contributed by atoms with Crippen LogP contribution in [0.4, 0.5) is 21.0 Å². The number of aliphatic imine (C=N–C) groups is 2. The summed E-state index contributed by atoms with van der Waals surface area (Å²) in [6.07, 6.45) is 1.26. The van der Waals surface area contributed by atoms with Gasteiger partial charge in [-0.1, -0.05) is 107 Å². The monoisotopic (exact) mass is 987 g/mol. The SMILES string of the molecule is CC(C)=NC(=O)Nc1ccc(Cc2ccc(NC(=O)N=C(C)C)cc2)cc1.CC(COc1ccc(C(C)(C)c2ccc(OCC3CO3)cc2)cc1)COc1ccc(C(C)(C)c2ccc(OCC3CO3)cc2)cc1. The second-order valence-electron chi connectivity index (χ2n) is 20.2. The molecule has 4 amide bonds. The molecule has 2 unspecified atom stereocenters. The summed E-state index contributed by atoms with van der Waals surface area (Å²) in [5, 5.41) is 5.45. The van der Waals surface area contributed by atoms with Gasteiger partial charge in [0.05, 0.1) is 26.4 Å². The van der Waals surface area contributed by atoms with Crippen LogP contribution in [-0.2, 0) is 26.7 Å². The van der Waals surface area contributed by atoms with Gasteiger partial charge in [-0.25, -0.2) is 19.6 Å². The van der Waals surface area contributed by atoms with Gasteiger partial charge in [-0.15, -0.1) is 0 Å². The fraction of sp³-hybridized carbons (Fsp3) is 0.344. The molecular formula is C61H70N4O8. The molecule has 73 heavy (non-hydrogen) atoms. The van der Waals surface area contributed by atoms with Crippen LogP contribution in [0, 0.1) is 5.92 Å². The minimum Gasteiger partial charge on any atom is -0.493 e. The van der Waals surface area contributed by atoms with E-state index in [9.17, 15) is 9.59 Å². The molecule has 2 N–H and O–H groups in total. The third kappa shape index (κ3) is 16.9. The fourth-order valence-electron chi connectivity index (χ4n) is 7.79. The number of rotatable bonds is 20. The van der Waals surface area contributed by atoms with E-state index in [0.717, 1.165) is 53.8 Å². The van der Waals surface area contributed by atoms with Crippen LogP contribution in [0.1, 0.15) is 95.7 Å². The van der Waals surface area contributed by atoms with Crippen LogP contribution in [0.2, 0.25) is 0 Å². The van der Waals surface area contributed by atoms with E-state index in [1.807, 2.05) is 72.8 Å². The highest BCUT2D eigenvalue weighted by Crippen LogP contribution is 2.35. The molecule has 2 atom stereocenters. The molecule has 0 spiro atoms. The zero-order valence-electron chi connectivity index (χ0n) is 43.7. The highest BCUT2D eigenvalue weighted by Gasteiger charge is 2.27. The Balaban J connectivity index is 0.000000247. The maximum atomic E-state index is 11.6. The lowest BCUT2D eigenvalue weighted by Crippen LogP contribution is -2.19. The average Bonchev–Trinajstić information content (AvgIpc) is 4.33. The van der Waals surface area contributed by atoms with E-state index in [1.54, 1.807) is 27.7 Å². The first-order valence-electron chi connectivity index (χ1n) is 25.0. The quantitative estimate of drug-likeness (QED) is 0.0568. The molecule has 382 valence electrons. The number of carbonyl (C=O) groups is 2. The van der Waals surface area contributed by atoms with Crippen molar-refractivity contribution in [2.24, 2.45) is 15.9 Å². The molecule has 0 aliphatic carbocycles. The van der Waals surface area contributed by atoms with E-state index in [0.29, 0.717) is 49.2 Å². The van der Waals surface area contributed by atoms with Crippen LogP contribution in [-0.4, -0.2) is 75.3 Å². The number of anilines is 2. The number of urea groups is 2. The molecule has 6 aromatic rings. The second kappa shape index (κ2) is 24.9. The van der Waals surface area contributed by atoms with Gasteiger partial charge in [-0.3, -0.25) is 0 Å². The van der Waals surface area contributed by atoms with E-state index in [4.69, 9.17) is 28.4 Å². The molecule has 6 aromatic carbocycles. The molecule has 2 aliphatic rings. The summed E-state index contributed by atoms with van der Waals surface area (Å²) in [4.78, 5) is 30.9. The number of nitrogens with one attached hydrogen (secondary N) is 2. The van der Waals surface area contributed by atoms with Crippen LogP contribution < -0.4 is 29.6 Å². The van der Waals surface area contributed by atoms with Crippen molar-refractivity contribution < 1.29 is 38.0 Å². The molecule has 2 heterocycles. The standard InChI is InChI=1S/C40H46O6.C21H24N4O2/c1-28(22-41-33-14-6-29(7-15-33)39(2,3)31-10-18-35(19-11-31)43-24-37-26-45-37)23-42-34-16-8-30(9-17-34)40(4,5)32-12-20-36(21-13-32)44-25-38-27-46-38;1-14(2)22-20(26)24-18-9-5-16(6-10-18)13-17-7-11-19(12-8-17)25-21(27)23-15(3)4/h6-21,28,37-38H,22-27H2,1-5H3;5-12H,13H2,1-4H3,(H,24,26)(H,25,27). The first-order valence-corrected chi connectivity index (χ1v) is 25.0. The molecule has 12 heteroatoms. The summed E-state index contributed by atoms with van der Waals surface area (Å²) in [6, 6.07) is 48.1. The Morgan fingerprint density at radius 3 is 1.05 bits per heavy atom. The lowest BCUT2D eigenvalue weighted by molar-refractivity contribution is 0.188. The Morgan fingerprint density at radius 2 is 0.781 bits per heavy atom. The topological polar surface area (TPSA) is 145 Å². The number of hydrogen-bond donors (Lipinski definition) is 2. The van der Waals surface area contributed by atoms with Gasteiger partial charge in [0.15, 0.2) is 0 Å². The molecule has 0 saturated carbocycles. The molecule has 0 radical (unpaired) electrons. The molecule has 12 nitrogen and oxygen atoms in total. The van der Waals surface area contributed by atoms with Crippen molar-refractivity contribution in [1.82, 2.24) is 0 Å². The van der Waals surface area contributed by atoms with E-state index in [1.165, 1.54) is 22.3 Å². The lowest BCUT2D eigenvalue weighted by Gasteiger charge is -2.27. The number of epoxide rings is 2. The predicted octanol–water partition coefficient (Wildman–Crippen LogP) is 13.3. The van der Waals surface area contributed by atoms with Crippen LogP contribution in [0.3, 0.4) is 0 Å². The van der Waals surface area contributed by atoms with Crippen LogP contribution in [0.25, 0.3) is 0 Å². The lowest BCUT2D eigenvalue weighted by atomic mass is 9.78. The first kappa shape index (κ1) is 53.5. The van der Waals surface area contributed by atoms with Gasteiger partial charge < -0.3 is 39.1 Å². The normalized spacial score (nSPS) is 15.0. The number of nitrogens with zero attached hydrogens (tertiary/aromatic N) is 2. The molecule has 2 saturated heterocycles. The third-order valence-corrected chi connectivity index (χ3v) is 12.5. The summed E-state index contributed by atoms with van der Waals surface area (Å²) in [6.45, 7) is 22.2. The van der Waals surface area contributed by atoms with Crippen molar-refractivity contribution in [2.45, 2.75) is 91.8 Å². The van der Waals surface area contributed by atoms with Gasteiger partial charge in [-0.05, 0) is 140 Å². The van der Waals surface area contributed by atoms with Crippen molar-refractivity contribution in [3.63, 3.8) is 0 Å². The van der Waals surface area contributed by atoms with Crippen LogP contribution >= 0.6 is 0 Å². The Labute approximate surface area is 431 Å². The molecule has 0 aromatic heterocycles. The van der Waals surface area contributed by atoms with Crippen molar-refractivity contribution in [1.29, 1.82) is 0 Å². The molecule has 2 aliphatic heterocycles. The Bertz CT molecular complexity index is 2580. The second-order valence-corrected chi connectivity index (χ2v) is 20.2. The van der Waals surface area contributed by atoms with Crippen molar-refractivity contribution in [2.75, 3.05) is 50.3 Å². The highest BCUT2D eigenvalue weighted by molar-refractivity contribution is 5.99. The summed E-state index contributed by atoms with van der Waals surface area (Å²) in [5.41, 5.74) is 9.70. The van der Waals surface area contributed by atoms with E-state index >= 15 is 0 Å². The zero-order chi connectivity index (χ0) is 52.0. The number of carbonyl (C=O) groups excluding carboxylic acids is 2. The van der Waals surface area contributed by atoms with Crippen molar-refractivity contribution in [3.05, 3.63) is 179 Å². The maximum absolute atomic E-state index is 11.6. The van der Waals surface area contributed by atoms with Crippen LogP contribution in [0.5, 0.6) is 23.0 Å². The molecule has 0 bridgehead atoms. The number of benzene rings is 6. The fourth-order valence-corrected chi connectivity index (χ4v) is 7.79. The smallest absolute Gasteiger partial charge is 0.345 e. The Morgan fingerprint density at radius 1 is 0.493 bits per heavy atom. The average molecular weight is 987 g/mol. The van der Waals surface area contributed by atoms with Gasteiger partial charge in [0.25, 0.3) is 0 Å². The van der Waals surface area contributed by atoms with Gasteiger partial charge >= 0.3 is 12.1 Å². The Hall–Kier alpha value is -7.28. The third-order valence-electron chi connectivity index (χ3n) is 12.5. The summed E-state index contributed by atoms with van der Waals surface area (Å²) in [7, 11) is 0. The zero-order valence-corrected chi connectivity index (χ0v) is 43.7. The van der Waals surface area contributed by atoms with Gasteiger partial charge in [-0.2, -0.15) is 0 Å². The minimum absolute atomic E-state index is 0.145. The minimum atomic E-state index is -0.372. The van der Waals surface area contributed by atoms with Crippen molar-refractivity contribution in [3.8, 4) is 23.0 Å². The predicted molar refractivity (Wildman–Crippen MR) is 292 cm³/mol. The summed E-state index contributed by atoms with van der Waals surface area (Å²) >= 11 is 0. The maximum Gasteiger partial charge on any atom is 0.345 e. The van der Waals surface area contributed by atoms with E-state index in [-0.39, 0.29) is 41.0 Å². The van der Waals surface area contributed by atoms with Gasteiger partial charge in [0, 0.05) is 39.5 Å². The largest absolute Gasteiger partial charge is 0.493 e. The highest BCUT2D eigenvalue weighted by atomic mass is 16.6. The molecular weight excluding hydrogens is 917 g/mol. The number of amides is 4. The first-order chi connectivity index (χ1) is 35.0. The summed E-state index contributed by atoms with van der Waals surface area (Å²) in [5.74, 6) is 3.70. The Kier molecular flexibility index (Phi) is 18.3. The number of hydrogen-bond acceptors (Lipinski definition) is 8. The van der Waals surface area contributed by atoms with E-state index < -0.39 is 0 Å². The van der Waals surface area contributed by atoms with Gasteiger partial charge in [0.1, 0.15) is 48.4 Å². The van der Waals surface area contributed by atoms with Gasteiger partial charge in [0.2, 0.25) is 0 Å². The van der Waals surface area contributed by atoms with Crippen molar-refractivity contribution >= 4 is 34.9 Å².